The highest BCUT2D eigenvalue weighted by atomic mass is 16.5. The van der Waals surface area contributed by atoms with Crippen LogP contribution in [0, 0.1) is 6.92 Å². The molecule has 1 fully saturated rings. The topological polar surface area (TPSA) is 91.8 Å². The van der Waals surface area contributed by atoms with E-state index in [1.165, 1.54) is 12.0 Å². The molecule has 28 heavy (non-hydrogen) atoms. The lowest BCUT2D eigenvalue weighted by Crippen LogP contribution is -2.41. The molecule has 0 spiro atoms. The zero-order valence-corrected chi connectivity index (χ0v) is 16.0. The molecule has 8 nitrogen and oxygen atoms in total. The number of nitrogens with one attached hydrogen (secondary N) is 1. The maximum absolute atomic E-state index is 12.7. The largest absolute Gasteiger partial charge is 0.481 e. The summed E-state index contributed by atoms with van der Waals surface area (Å²) in [6, 6.07) is 9.64. The summed E-state index contributed by atoms with van der Waals surface area (Å²) in [4.78, 5) is 43.9. The number of amides is 4. The second-order valence-corrected chi connectivity index (χ2v) is 6.57. The number of hydrogen-bond acceptors (Lipinski definition) is 5. The number of aryl methyl sites for hydroxylation is 1. The zero-order chi connectivity index (χ0) is 20.3. The average Bonchev–Trinajstić information content (AvgIpc) is 2.91. The molecule has 1 aromatic carbocycles. The highest BCUT2D eigenvalue weighted by Gasteiger charge is 2.43. The summed E-state index contributed by atoms with van der Waals surface area (Å²) >= 11 is 0. The number of carbonyl (C=O) groups excluding carboxylic acids is 3. The maximum Gasteiger partial charge on any atom is 0.332 e. The van der Waals surface area contributed by atoms with Crippen molar-refractivity contribution >= 4 is 23.5 Å². The summed E-state index contributed by atoms with van der Waals surface area (Å²) in [6.07, 6.45) is 1.59. The van der Waals surface area contributed by atoms with Crippen LogP contribution in [-0.2, 0) is 16.1 Å². The fraction of sp³-hybridized carbons (Fsp3) is 0.300. The molecule has 0 saturated carbocycles. The monoisotopic (exact) mass is 382 g/mol. The van der Waals surface area contributed by atoms with E-state index < -0.39 is 23.9 Å². The number of aromatic nitrogens is 1. The molecule has 2 aromatic rings. The van der Waals surface area contributed by atoms with Gasteiger partial charge in [-0.1, -0.05) is 23.8 Å². The van der Waals surface area contributed by atoms with Crippen molar-refractivity contribution in [3.8, 4) is 5.88 Å². The zero-order valence-electron chi connectivity index (χ0n) is 16.0. The number of urea groups is 1. The Balaban J connectivity index is 1.62. The van der Waals surface area contributed by atoms with E-state index >= 15 is 0 Å². The van der Waals surface area contributed by atoms with E-state index in [1.807, 2.05) is 19.1 Å². The van der Waals surface area contributed by atoms with Crippen molar-refractivity contribution in [2.45, 2.75) is 26.4 Å². The summed E-state index contributed by atoms with van der Waals surface area (Å²) in [7, 11) is 1.52. The Labute approximate surface area is 163 Å². The summed E-state index contributed by atoms with van der Waals surface area (Å²) in [5, 5.41) is 2.70. The van der Waals surface area contributed by atoms with Crippen molar-refractivity contribution < 1.29 is 19.1 Å². The Morgan fingerprint density at radius 1 is 1.18 bits per heavy atom. The predicted molar refractivity (Wildman–Crippen MR) is 103 cm³/mol. The lowest BCUT2D eigenvalue weighted by Gasteiger charge is -2.19. The fourth-order valence-corrected chi connectivity index (χ4v) is 2.95. The van der Waals surface area contributed by atoms with Crippen LogP contribution in [0.4, 0.5) is 10.5 Å². The molecule has 1 aromatic heterocycles. The van der Waals surface area contributed by atoms with Gasteiger partial charge in [0.15, 0.2) is 0 Å². The van der Waals surface area contributed by atoms with E-state index in [2.05, 4.69) is 10.3 Å². The van der Waals surface area contributed by atoms with Gasteiger partial charge in [-0.2, -0.15) is 0 Å². The number of anilines is 1. The molecule has 3 rings (SSSR count). The van der Waals surface area contributed by atoms with Crippen LogP contribution in [-0.4, -0.2) is 47.4 Å². The first-order valence-corrected chi connectivity index (χ1v) is 8.87. The Morgan fingerprint density at radius 2 is 1.89 bits per heavy atom. The molecule has 8 heteroatoms. The third-order valence-electron chi connectivity index (χ3n) is 4.56. The molecular formula is C20H22N4O4. The van der Waals surface area contributed by atoms with Gasteiger partial charge in [-0.15, -0.1) is 0 Å². The summed E-state index contributed by atoms with van der Waals surface area (Å²) in [5.41, 5.74) is 2.46. The van der Waals surface area contributed by atoms with Gasteiger partial charge in [-0.3, -0.25) is 19.4 Å². The van der Waals surface area contributed by atoms with Gasteiger partial charge in [0.25, 0.3) is 5.91 Å². The molecule has 4 amide bonds. The second kappa shape index (κ2) is 8.08. The SMILES string of the molecule is COc1ccc(CNC(=O)CN2C(=O)[C@H](C)N(c3ccc(C)cc3)C2=O)cn1. The van der Waals surface area contributed by atoms with Crippen molar-refractivity contribution in [2.75, 3.05) is 18.6 Å². The normalized spacial score (nSPS) is 16.5. The molecule has 0 bridgehead atoms. The summed E-state index contributed by atoms with van der Waals surface area (Å²) < 4.78 is 4.99. The minimum absolute atomic E-state index is 0.239. The number of nitrogens with zero attached hydrogens (tertiary/aromatic N) is 3. The molecule has 1 saturated heterocycles. The first-order valence-electron chi connectivity index (χ1n) is 8.87. The number of methoxy groups -OCH3 is 1. The number of benzene rings is 1. The van der Waals surface area contributed by atoms with Gasteiger partial charge < -0.3 is 10.1 Å². The molecule has 1 atom stereocenters. The van der Waals surface area contributed by atoms with Gasteiger partial charge in [-0.25, -0.2) is 9.78 Å². The highest BCUT2D eigenvalue weighted by molar-refractivity contribution is 6.15. The molecule has 0 unspecified atom stereocenters. The Morgan fingerprint density at radius 3 is 2.50 bits per heavy atom. The van der Waals surface area contributed by atoms with Crippen LogP contribution in [0.2, 0.25) is 0 Å². The molecule has 0 aliphatic carbocycles. The van der Waals surface area contributed by atoms with Gasteiger partial charge in [0.1, 0.15) is 12.6 Å². The summed E-state index contributed by atoms with van der Waals surface area (Å²) in [5.74, 6) is -0.337. The van der Waals surface area contributed by atoms with Crippen LogP contribution in [0.1, 0.15) is 18.1 Å². The smallest absolute Gasteiger partial charge is 0.332 e. The molecule has 2 heterocycles. The van der Waals surface area contributed by atoms with Crippen LogP contribution in [0.15, 0.2) is 42.6 Å². The van der Waals surface area contributed by atoms with Crippen molar-refractivity contribution in [2.24, 2.45) is 0 Å². The molecule has 146 valence electrons. The number of pyridine rings is 1. The van der Waals surface area contributed by atoms with E-state index in [1.54, 1.807) is 37.4 Å². The number of carbonyl (C=O) groups is 3. The fourth-order valence-electron chi connectivity index (χ4n) is 2.95. The molecule has 1 aliphatic rings. The van der Waals surface area contributed by atoms with Crippen molar-refractivity contribution in [3.63, 3.8) is 0 Å². The Bertz CT molecular complexity index is 880. The van der Waals surface area contributed by atoms with Crippen LogP contribution in [0.25, 0.3) is 0 Å². The van der Waals surface area contributed by atoms with Crippen molar-refractivity contribution in [1.82, 2.24) is 15.2 Å². The first-order chi connectivity index (χ1) is 13.4. The molecule has 0 radical (unpaired) electrons. The van der Waals surface area contributed by atoms with E-state index in [-0.39, 0.29) is 13.1 Å². The molecule has 1 aliphatic heterocycles. The number of ether oxygens (including phenoxy) is 1. The lowest BCUT2D eigenvalue weighted by molar-refractivity contribution is -0.131. The van der Waals surface area contributed by atoms with Gasteiger partial charge in [0, 0.05) is 24.5 Å². The highest BCUT2D eigenvalue weighted by Crippen LogP contribution is 2.25. The van der Waals surface area contributed by atoms with Crippen LogP contribution < -0.4 is 15.0 Å². The maximum atomic E-state index is 12.7. The standard InChI is InChI=1S/C20H22N4O4/c1-13-4-7-16(8-5-13)24-14(2)19(26)23(20(24)27)12-17(25)21-10-15-6-9-18(28-3)22-11-15/h4-9,11,14H,10,12H2,1-3H3,(H,21,25)/t14-/m0/s1. The lowest BCUT2D eigenvalue weighted by atomic mass is 10.2. The minimum Gasteiger partial charge on any atom is -0.481 e. The predicted octanol–water partition coefficient (Wildman–Crippen LogP) is 1.87. The third-order valence-corrected chi connectivity index (χ3v) is 4.56. The van der Waals surface area contributed by atoms with Gasteiger partial charge in [-0.05, 0) is 31.5 Å². The average molecular weight is 382 g/mol. The van der Waals surface area contributed by atoms with Gasteiger partial charge in [0.05, 0.1) is 7.11 Å². The minimum atomic E-state index is -0.659. The van der Waals surface area contributed by atoms with Gasteiger partial charge >= 0.3 is 6.03 Å². The van der Waals surface area contributed by atoms with E-state index in [9.17, 15) is 14.4 Å². The number of rotatable bonds is 6. The van der Waals surface area contributed by atoms with Crippen LogP contribution >= 0.6 is 0 Å². The van der Waals surface area contributed by atoms with Crippen LogP contribution in [0.5, 0.6) is 5.88 Å². The van der Waals surface area contributed by atoms with E-state index in [4.69, 9.17) is 4.74 Å². The van der Waals surface area contributed by atoms with Crippen molar-refractivity contribution in [3.05, 3.63) is 53.7 Å². The Hall–Kier alpha value is -3.42. The molecule has 1 N–H and O–H groups in total. The van der Waals surface area contributed by atoms with Crippen molar-refractivity contribution in [1.29, 1.82) is 0 Å². The number of hydrogen-bond donors (Lipinski definition) is 1. The summed E-state index contributed by atoms with van der Waals surface area (Å²) in [6.45, 7) is 3.51. The second-order valence-electron chi connectivity index (χ2n) is 6.57. The Kier molecular flexibility index (Phi) is 5.58. The first kappa shape index (κ1) is 19.3. The van der Waals surface area contributed by atoms with E-state index in [0.29, 0.717) is 11.6 Å². The number of imide groups is 1. The van der Waals surface area contributed by atoms with E-state index in [0.717, 1.165) is 16.0 Å². The molecular weight excluding hydrogens is 360 g/mol. The third kappa shape index (κ3) is 3.95. The van der Waals surface area contributed by atoms with Gasteiger partial charge in [0.2, 0.25) is 11.8 Å². The quantitative estimate of drug-likeness (QED) is 0.770. The van der Waals surface area contributed by atoms with Crippen LogP contribution in [0.3, 0.4) is 0 Å².